The van der Waals surface area contributed by atoms with E-state index in [9.17, 15) is 4.79 Å². The third-order valence-electron chi connectivity index (χ3n) is 3.76. The van der Waals surface area contributed by atoms with Gasteiger partial charge in [-0.25, -0.2) is 4.98 Å². The maximum absolute atomic E-state index is 12.4. The van der Waals surface area contributed by atoms with Crippen LogP contribution in [0.3, 0.4) is 0 Å². The maximum Gasteiger partial charge on any atom is 0.291 e. The van der Waals surface area contributed by atoms with E-state index < -0.39 is 0 Å². The molecule has 0 bridgehead atoms. The first-order valence-corrected chi connectivity index (χ1v) is 8.12. The zero-order valence-corrected chi connectivity index (χ0v) is 14.1. The van der Waals surface area contributed by atoms with Crippen molar-refractivity contribution in [1.29, 1.82) is 0 Å². The zero-order valence-electron chi connectivity index (χ0n) is 14.1. The molecule has 130 valence electrons. The van der Waals surface area contributed by atoms with Gasteiger partial charge in [0, 0.05) is 18.7 Å². The van der Waals surface area contributed by atoms with Crippen LogP contribution in [-0.2, 0) is 6.61 Å². The molecule has 2 heterocycles. The van der Waals surface area contributed by atoms with Crippen LogP contribution in [0.4, 0.5) is 5.69 Å². The number of oxazole rings is 1. The van der Waals surface area contributed by atoms with Gasteiger partial charge in [0.05, 0.1) is 0 Å². The molecule has 0 radical (unpaired) electrons. The Kier molecular flexibility index (Phi) is 4.15. The lowest BCUT2D eigenvalue weighted by Crippen LogP contribution is -2.10. The minimum atomic E-state index is -0.341. The summed E-state index contributed by atoms with van der Waals surface area (Å²) in [6.45, 7) is 2.03. The van der Waals surface area contributed by atoms with Gasteiger partial charge in [0.2, 0.25) is 0 Å². The van der Waals surface area contributed by atoms with Gasteiger partial charge < -0.3 is 18.9 Å². The molecule has 0 unspecified atom stereocenters. The number of aromatic nitrogens is 1. The van der Waals surface area contributed by atoms with E-state index in [0.717, 1.165) is 11.3 Å². The van der Waals surface area contributed by atoms with Crippen molar-refractivity contribution in [1.82, 2.24) is 4.98 Å². The number of carbonyl (C=O) groups is 1. The van der Waals surface area contributed by atoms with Crippen LogP contribution in [0.1, 0.15) is 22.2 Å². The molecule has 1 N–H and O–H groups in total. The number of furan rings is 1. The molecule has 0 aliphatic rings. The fourth-order valence-corrected chi connectivity index (χ4v) is 2.56. The minimum Gasteiger partial charge on any atom is -0.486 e. The van der Waals surface area contributed by atoms with Crippen LogP contribution >= 0.6 is 0 Å². The summed E-state index contributed by atoms with van der Waals surface area (Å²) < 4.78 is 16.6. The van der Waals surface area contributed by atoms with Gasteiger partial charge in [-0.05, 0) is 36.4 Å². The lowest BCUT2D eigenvalue weighted by atomic mass is 10.3. The van der Waals surface area contributed by atoms with Gasteiger partial charge in [0.1, 0.15) is 23.6 Å². The Balaban J connectivity index is 1.42. The number of rotatable bonds is 5. The van der Waals surface area contributed by atoms with Gasteiger partial charge in [-0.1, -0.05) is 18.2 Å². The molecule has 0 fully saturated rings. The number of ether oxygens (including phenoxy) is 1. The number of hydrogen-bond donors (Lipinski definition) is 1. The number of fused-ring (bicyclic) bond motifs is 1. The molecular formula is C20H16N2O4. The molecule has 0 aliphatic carbocycles. The average molecular weight is 348 g/mol. The number of nitrogens with zero attached hydrogens (tertiary/aromatic N) is 1. The molecule has 6 heteroatoms. The Bertz CT molecular complexity index is 1050. The van der Waals surface area contributed by atoms with E-state index in [4.69, 9.17) is 13.6 Å². The number of para-hydroxylation sites is 1. The Morgan fingerprint density at radius 1 is 1.08 bits per heavy atom. The summed E-state index contributed by atoms with van der Waals surface area (Å²) in [7, 11) is 0. The highest BCUT2D eigenvalue weighted by atomic mass is 16.5. The predicted molar refractivity (Wildman–Crippen MR) is 96.2 cm³/mol. The summed E-state index contributed by atoms with van der Waals surface area (Å²) in [5, 5.41) is 2.79. The van der Waals surface area contributed by atoms with Gasteiger partial charge in [0.15, 0.2) is 17.2 Å². The molecule has 4 rings (SSSR count). The van der Waals surface area contributed by atoms with Crippen molar-refractivity contribution in [2.45, 2.75) is 13.5 Å². The minimum absolute atomic E-state index is 0.213. The van der Waals surface area contributed by atoms with E-state index in [2.05, 4.69) is 10.3 Å². The largest absolute Gasteiger partial charge is 0.486 e. The third-order valence-corrected chi connectivity index (χ3v) is 3.76. The lowest BCUT2D eigenvalue weighted by molar-refractivity contribution is 0.0992. The lowest BCUT2D eigenvalue weighted by Gasteiger charge is -2.04. The quantitative estimate of drug-likeness (QED) is 0.572. The van der Waals surface area contributed by atoms with Crippen molar-refractivity contribution >= 4 is 22.7 Å². The first kappa shape index (κ1) is 16.0. The maximum atomic E-state index is 12.4. The van der Waals surface area contributed by atoms with Crippen LogP contribution in [0, 0.1) is 6.92 Å². The van der Waals surface area contributed by atoms with Crippen molar-refractivity contribution in [2.75, 3.05) is 5.32 Å². The molecule has 26 heavy (non-hydrogen) atoms. The number of carbonyl (C=O) groups excluding carboxylic acids is 1. The van der Waals surface area contributed by atoms with E-state index in [1.165, 1.54) is 0 Å². The Hall–Kier alpha value is -3.54. The van der Waals surface area contributed by atoms with Crippen LogP contribution in [0.15, 0.2) is 69.5 Å². The van der Waals surface area contributed by atoms with Gasteiger partial charge in [0.25, 0.3) is 5.91 Å². The number of benzene rings is 2. The number of nitrogens with one attached hydrogen (secondary N) is 1. The molecule has 0 aliphatic heterocycles. The number of hydrogen-bond acceptors (Lipinski definition) is 5. The molecule has 4 aromatic rings. The molecular weight excluding hydrogens is 332 g/mol. The second-order valence-electron chi connectivity index (χ2n) is 5.74. The number of anilines is 1. The van der Waals surface area contributed by atoms with E-state index in [-0.39, 0.29) is 18.3 Å². The summed E-state index contributed by atoms with van der Waals surface area (Å²) in [4.78, 5) is 16.6. The molecule has 6 nitrogen and oxygen atoms in total. The van der Waals surface area contributed by atoms with Crippen LogP contribution in [0.2, 0.25) is 0 Å². The van der Waals surface area contributed by atoms with Crippen molar-refractivity contribution in [3.63, 3.8) is 0 Å². The highest BCUT2D eigenvalue weighted by molar-refractivity contribution is 6.03. The van der Waals surface area contributed by atoms with E-state index >= 15 is 0 Å². The molecule has 0 saturated heterocycles. The van der Waals surface area contributed by atoms with E-state index in [1.54, 1.807) is 37.3 Å². The SMILES string of the molecule is Cc1nc2ccc(NC(=O)c3ccc(COc4ccccc4)o3)cc2o1. The molecule has 2 aromatic carbocycles. The van der Waals surface area contributed by atoms with Gasteiger partial charge >= 0.3 is 0 Å². The summed E-state index contributed by atoms with van der Waals surface area (Å²) in [6, 6.07) is 18.1. The first-order valence-electron chi connectivity index (χ1n) is 8.12. The summed E-state index contributed by atoms with van der Waals surface area (Å²) in [5.41, 5.74) is 1.98. The molecule has 1 amide bonds. The monoisotopic (exact) mass is 348 g/mol. The topological polar surface area (TPSA) is 77.5 Å². The van der Waals surface area contributed by atoms with Crippen LogP contribution in [0.5, 0.6) is 5.75 Å². The number of aryl methyl sites for hydroxylation is 1. The van der Waals surface area contributed by atoms with Crippen molar-refractivity contribution < 1.29 is 18.4 Å². The van der Waals surface area contributed by atoms with Gasteiger partial charge in [-0.15, -0.1) is 0 Å². The van der Waals surface area contributed by atoms with Crippen LogP contribution in [-0.4, -0.2) is 10.9 Å². The molecule has 0 spiro atoms. The second kappa shape index (κ2) is 6.76. The number of amides is 1. The van der Waals surface area contributed by atoms with Gasteiger partial charge in [-0.3, -0.25) is 4.79 Å². The standard InChI is InChI=1S/C20H16N2O4/c1-13-21-17-9-7-14(11-19(17)25-13)22-20(23)18-10-8-16(26-18)12-24-15-5-3-2-4-6-15/h2-11H,12H2,1H3,(H,22,23). The fourth-order valence-electron chi connectivity index (χ4n) is 2.56. The smallest absolute Gasteiger partial charge is 0.291 e. The molecule has 0 saturated carbocycles. The zero-order chi connectivity index (χ0) is 17.9. The predicted octanol–water partition coefficient (Wildman–Crippen LogP) is 4.56. The Morgan fingerprint density at radius 2 is 1.92 bits per heavy atom. The van der Waals surface area contributed by atoms with E-state index in [0.29, 0.717) is 22.9 Å². The summed E-state index contributed by atoms with van der Waals surface area (Å²) in [5.74, 6) is 1.76. The molecule has 0 atom stereocenters. The van der Waals surface area contributed by atoms with E-state index in [1.807, 2.05) is 30.3 Å². The van der Waals surface area contributed by atoms with Gasteiger partial charge in [-0.2, -0.15) is 0 Å². The average Bonchev–Trinajstić information content (AvgIpc) is 3.26. The third kappa shape index (κ3) is 3.44. The fraction of sp³-hybridized carbons (Fsp3) is 0.100. The Labute approximate surface area is 149 Å². The molecule has 2 aromatic heterocycles. The summed E-state index contributed by atoms with van der Waals surface area (Å²) >= 11 is 0. The first-order chi connectivity index (χ1) is 12.7. The van der Waals surface area contributed by atoms with Crippen molar-refractivity contribution in [3.05, 3.63) is 78.1 Å². The summed E-state index contributed by atoms with van der Waals surface area (Å²) in [6.07, 6.45) is 0. The van der Waals surface area contributed by atoms with Crippen LogP contribution in [0.25, 0.3) is 11.1 Å². The highest BCUT2D eigenvalue weighted by Gasteiger charge is 2.13. The highest BCUT2D eigenvalue weighted by Crippen LogP contribution is 2.21. The van der Waals surface area contributed by atoms with Crippen molar-refractivity contribution in [3.8, 4) is 5.75 Å². The van der Waals surface area contributed by atoms with Crippen molar-refractivity contribution in [2.24, 2.45) is 0 Å². The normalized spacial score (nSPS) is 10.8. The second-order valence-corrected chi connectivity index (χ2v) is 5.74. The van der Waals surface area contributed by atoms with Crippen LogP contribution < -0.4 is 10.1 Å². The Morgan fingerprint density at radius 3 is 2.77 bits per heavy atom.